The van der Waals surface area contributed by atoms with Crippen molar-refractivity contribution in [1.29, 1.82) is 0 Å². The fourth-order valence-corrected chi connectivity index (χ4v) is 4.95. The fraction of sp³-hybridized carbons (Fsp3) is 0.440. The van der Waals surface area contributed by atoms with E-state index in [1.807, 2.05) is 24.3 Å². The normalized spacial score (nSPS) is 25.9. The van der Waals surface area contributed by atoms with Crippen molar-refractivity contribution in [3.63, 3.8) is 0 Å². The number of nitrogens with one attached hydrogen (secondary N) is 1. The summed E-state index contributed by atoms with van der Waals surface area (Å²) in [5.74, 6) is 0.466. The van der Waals surface area contributed by atoms with Crippen LogP contribution in [0.1, 0.15) is 31.2 Å². The van der Waals surface area contributed by atoms with Crippen molar-refractivity contribution in [2.45, 2.75) is 56.4 Å². The van der Waals surface area contributed by atoms with E-state index in [0.717, 1.165) is 37.0 Å². The van der Waals surface area contributed by atoms with Crippen LogP contribution in [0, 0.1) is 5.82 Å². The minimum atomic E-state index is -0.558. The predicted molar refractivity (Wildman–Crippen MR) is 123 cm³/mol. The van der Waals surface area contributed by atoms with Gasteiger partial charge in [-0.25, -0.2) is 9.18 Å². The lowest BCUT2D eigenvalue weighted by atomic mass is 9.90. The van der Waals surface area contributed by atoms with Gasteiger partial charge in [0.15, 0.2) is 12.2 Å². The zero-order chi connectivity index (χ0) is 23.7. The Hall–Kier alpha value is -3.00. The summed E-state index contributed by atoms with van der Waals surface area (Å²) in [5.41, 5.74) is 1.05. The molecule has 1 N–H and O–H groups in total. The molecule has 2 aromatic carbocycles. The quantitative estimate of drug-likeness (QED) is 0.662. The molecule has 2 fully saturated rings. The Kier molecular flexibility index (Phi) is 6.50. The molecule has 2 atom stereocenters. The highest BCUT2D eigenvalue weighted by Crippen LogP contribution is 2.30. The second-order valence-electron chi connectivity index (χ2n) is 8.98. The van der Waals surface area contributed by atoms with E-state index in [1.165, 1.54) is 12.1 Å². The molecule has 0 spiro atoms. The number of rotatable bonds is 6. The standard InChI is InChI=1S/C25H26ClFN2O5/c26-20-10-9-18(12-21(20)27)32-14-19-13-29(25(31)33-19)17-7-5-16(6-8-17)28-24(30)23-11-15-3-1-2-4-22(15)34-23/h1-4,9-10,12,16-17,19,23H,5-8,11,13-14H2,(H,28,30). The first-order valence-electron chi connectivity index (χ1n) is 11.6. The van der Waals surface area contributed by atoms with Gasteiger partial charge in [0.25, 0.3) is 5.91 Å². The van der Waals surface area contributed by atoms with Crippen molar-refractivity contribution in [3.8, 4) is 11.5 Å². The van der Waals surface area contributed by atoms with Gasteiger partial charge in [0.05, 0.1) is 11.6 Å². The lowest BCUT2D eigenvalue weighted by Crippen LogP contribution is -2.47. The topological polar surface area (TPSA) is 77.1 Å². The molecular formula is C25H26ClFN2O5. The molecule has 1 saturated carbocycles. The Morgan fingerprint density at radius 1 is 1.15 bits per heavy atom. The van der Waals surface area contributed by atoms with Gasteiger partial charge in [-0.3, -0.25) is 4.79 Å². The summed E-state index contributed by atoms with van der Waals surface area (Å²) < 4.78 is 30.4. The summed E-state index contributed by atoms with van der Waals surface area (Å²) >= 11 is 5.69. The van der Waals surface area contributed by atoms with Crippen LogP contribution in [0.25, 0.3) is 0 Å². The van der Waals surface area contributed by atoms with E-state index in [0.29, 0.717) is 18.7 Å². The summed E-state index contributed by atoms with van der Waals surface area (Å²) in [5, 5.41) is 3.14. The largest absolute Gasteiger partial charge is 0.490 e. The molecule has 1 saturated heterocycles. The Morgan fingerprint density at radius 3 is 2.71 bits per heavy atom. The summed E-state index contributed by atoms with van der Waals surface area (Å²) in [4.78, 5) is 26.8. The maximum Gasteiger partial charge on any atom is 0.410 e. The van der Waals surface area contributed by atoms with Gasteiger partial charge in [-0.05, 0) is 49.4 Å². The number of nitrogens with zero attached hydrogens (tertiary/aromatic N) is 1. The van der Waals surface area contributed by atoms with Gasteiger partial charge in [0, 0.05) is 24.6 Å². The van der Waals surface area contributed by atoms with E-state index < -0.39 is 18.0 Å². The van der Waals surface area contributed by atoms with Gasteiger partial charge in [-0.1, -0.05) is 29.8 Å². The third kappa shape index (κ3) is 4.92. The number of benzene rings is 2. The van der Waals surface area contributed by atoms with Crippen molar-refractivity contribution in [3.05, 3.63) is 58.9 Å². The van der Waals surface area contributed by atoms with Gasteiger partial charge in [0.2, 0.25) is 0 Å². The average molecular weight is 489 g/mol. The van der Waals surface area contributed by atoms with Crippen LogP contribution < -0.4 is 14.8 Å². The Bertz CT molecular complexity index is 1050. The van der Waals surface area contributed by atoms with E-state index in [9.17, 15) is 14.0 Å². The maximum absolute atomic E-state index is 13.6. The average Bonchev–Trinajstić information content (AvgIpc) is 3.44. The number of halogens is 2. The Labute approximate surface area is 202 Å². The van der Waals surface area contributed by atoms with Crippen LogP contribution in [-0.2, 0) is 16.0 Å². The molecule has 1 aliphatic carbocycles. The fourth-order valence-electron chi connectivity index (χ4n) is 4.84. The molecule has 7 nitrogen and oxygen atoms in total. The molecule has 34 heavy (non-hydrogen) atoms. The van der Waals surface area contributed by atoms with Gasteiger partial charge >= 0.3 is 6.09 Å². The van der Waals surface area contributed by atoms with E-state index >= 15 is 0 Å². The highest BCUT2D eigenvalue weighted by atomic mass is 35.5. The molecule has 2 heterocycles. The number of amides is 2. The van der Waals surface area contributed by atoms with Crippen molar-refractivity contribution in [2.24, 2.45) is 0 Å². The first kappa shape index (κ1) is 22.8. The molecule has 5 rings (SSSR count). The van der Waals surface area contributed by atoms with Gasteiger partial charge in [0.1, 0.15) is 23.9 Å². The molecule has 0 radical (unpaired) electrons. The number of cyclic esters (lactones) is 1. The molecule has 0 bridgehead atoms. The number of hydrogen-bond acceptors (Lipinski definition) is 5. The second kappa shape index (κ2) is 9.70. The van der Waals surface area contributed by atoms with Crippen LogP contribution in [-0.4, -0.2) is 54.3 Å². The Balaban J connectivity index is 1.06. The van der Waals surface area contributed by atoms with Crippen molar-refractivity contribution >= 4 is 23.6 Å². The minimum Gasteiger partial charge on any atom is -0.490 e. The SMILES string of the molecule is O=C(NC1CCC(N2CC(COc3ccc(Cl)c(F)c3)OC2=O)CC1)C1Cc2ccccc2O1. The smallest absolute Gasteiger partial charge is 0.410 e. The van der Waals surface area contributed by atoms with Gasteiger partial charge in [-0.2, -0.15) is 0 Å². The molecule has 2 aliphatic heterocycles. The molecule has 180 valence electrons. The highest BCUT2D eigenvalue weighted by Gasteiger charge is 2.39. The molecule has 2 amide bonds. The third-order valence-corrected chi connectivity index (χ3v) is 6.96. The van der Waals surface area contributed by atoms with Crippen molar-refractivity contribution < 1.29 is 28.2 Å². The van der Waals surface area contributed by atoms with Gasteiger partial charge < -0.3 is 24.4 Å². The van der Waals surface area contributed by atoms with Crippen LogP contribution >= 0.6 is 11.6 Å². The second-order valence-corrected chi connectivity index (χ2v) is 9.38. The monoisotopic (exact) mass is 488 g/mol. The van der Waals surface area contributed by atoms with E-state index in [4.69, 9.17) is 25.8 Å². The molecule has 2 aromatic rings. The van der Waals surface area contributed by atoms with Crippen LogP contribution in [0.15, 0.2) is 42.5 Å². The number of ether oxygens (including phenoxy) is 3. The molecule has 2 unspecified atom stereocenters. The van der Waals surface area contributed by atoms with Crippen LogP contribution in [0.3, 0.4) is 0 Å². The summed E-state index contributed by atoms with van der Waals surface area (Å²) in [6, 6.07) is 12.0. The number of para-hydroxylation sites is 1. The van der Waals surface area contributed by atoms with Gasteiger partial charge in [-0.15, -0.1) is 0 Å². The highest BCUT2D eigenvalue weighted by molar-refractivity contribution is 6.30. The number of carbonyl (C=O) groups is 2. The lowest BCUT2D eigenvalue weighted by Gasteiger charge is -2.33. The summed E-state index contributed by atoms with van der Waals surface area (Å²) in [6.45, 7) is 0.559. The van der Waals surface area contributed by atoms with E-state index in [2.05, 4.69) is 5.32 Å². The molecule has 3 aliphatic rings. The van der Waals surface area contributed by atoms with Crippen LogP contribution in [0.2, 0.25) is 5.02 Å². The van der Waals surface area contributed by atoms with E-state index in [-0.39, 0.29) is 35.7 Å². The molecule has 9 heteroatoms. The number of carbonyl (C=O) groups excluding carboxylic acids is 2. The Morgan fingerprint density at radius 2 is 1.94 bits per heavy atom. The number of hydrogen-bond donors (Lipinski definition) is 1. The zero-order valence-corrected chi connectivity index (χ0v) is 19.3. The van der Waals surface area contributed by atoms with Crippen LogP contribution in [0.5, 0.6) is 11.5 Å². The van der Waals surface area contributed by atoms with Crippen LogP contribution in [0.4, 0.5) is 9.18 Å². The minimum absolute atomic E-state index is 0.0264. The van der Waals surface area contributed by atoms with Crippen molar-refractivity contribution in [2.75, 3.05) is 13.2 Å². The molecular weight excluding hydrogens is 463 g/mol. The lowest BCUT2D eigenvalue weighted by molar-refractivity contribution is -0.128. The first-order valence-corrected chi connectivity index (χ1v) is 11.9. The summed E-state index contributed by atoms with van der Waals surface area (Å²) in [7, 11) is 0. The summed E-state index contributed by atoms with van der Waals surface area (Å²) in [6.07, 6.45) is 2.44. The molecule has 0 aromatic heterocycles. The zero-order valence-electron chi connectivity index (χ0n) is 18.5. The third-order valence-electron chi connectivity index (χ3n) is 6.65. The van der Waals surface area contributed by atoms with E-state index in [1.54, 1.807) is 11.0 Å². The first-order chi connectivity index (χ1) is 16.5. The maximum atomic E-state index is 13.6. The van der Waals surface area contributed by atoms with Crippen molar-refractivity contribution in [1.82, 2.24) is 10.2 Å². The predicted octanol–water partition coefficient (Wildman–Crippen LogP) is 4.11. The number of fused-ring (bicyclic) bond motifs is 1.